The minimum absolute atomic E-state index is 0.0730. The number of hydrogen-bond donors (Lipinski definition) is 1. The first-order valence-corrected chi connectivity index (χ1v) is 11.6. The number of aromatic nitrogens is 2. The SMILES string of the molecule is Cc1cccc(C)c1COc1ccc(-c2ncc3c(n2)CCN(CC(C)CC(=O)O)C3)c(F)c1. The topological polar surface area (TPSA) is 75.6 Å². The second-order valence-corrected chi connectivity index (χ2v) is 9.15. The van der Waals surface area contributed by atoms with Crippen molar-refractivity contribution in [3.8, 4) is 17.1 Å². The molecule has 0 saturated heterocycles. The molecule has 6 nitrogen and oxygen atoms in total. The van der Waals surface area contributed by atoms with Crippen LogP contribution >= 0.6 is 0 Å². The molecule has 0 aliphatic carbocycles. The van der Waals surface area contributed by atoms with Gasteiger partial charge in [0.1, 0.15) is 18.2 Å². The van der Waals surface area contributed by atoms with Crippen LogP contribution in [0.25, 0.3) is 11.4 Å². The van der Waals surface area contributed by atoms with Crippen LogP contribution in [0.5, 0.6) is 5.75 Å². The quantitative estimate of drug-likeness (QED) is 0.510. The monoisotopic (exact) mass is 463 g/mol. The molecule has 1 unspecified atom stereocenters. The third kappa shape index (κ3) is 5.59. The molecule has 1 aliphatic heterocycles. The zero-order valence-corrected chi connectivity index (χ0v) is 19.8. The summed E-state index contributed by atoms with van der Waals surface area (Å²) in [5.74, 6) is -0.289. The van der Waals surface area contributed by atoms with Gasteiger partial charge in [-0.2, -0.15) is 0 Å². The summed E-state index contributed by atoms with van der Waals surface area (Å²) >= 11 is 0. The lowest BCUT2D eigenvalue weighted by molar-refractivity contribution is -0.138. The second-order valence-electron chi connectivity index (χ2n) is 9.15. The van der Waals surface area contributed by atoms with E-state index >= 15 is 0 Å². The largest absolute Gasteiger partial charge is 0.489 e. The zero-order valence-electron chi connectivity index (χ0n) is 19.8. The molecule has 0 fully saturated rings. The van der Waals surface area contributed by atoms with Gasteiger partial charge in [-0.05, 0) is 48.6 Å². The first-order valence-electron chi connectivity index (χ1n) is 11.6. The van der Waals surface area contributed by atoms with Gasteiger partial charge in [-0.25, -0.2) is 14.4 Å². The van der Waals surface area contributed by atoms with Gasteiger partial charge in [-0.1, -0.05) is 25.1 Å². The van der Waals surface area contributed by atoms with E-state index in [0.717, 1.165) is 40.9 Å². The van der Waals surface area contributed by atoms with Gasteiger partial charge in [0.05, 0.1) is 11.3 Å². The van der Waals surface area contributed by atoms with Crippen LogP contribution in [0, 0.1) is 25.6 Å². The number of carboxylic acids is 1. The van der Waals surface area contributed by atoms with Crippen LogP contribution in [0.2, 0.25) is 0 Å². The van der Waals surface area contributed by atoms with Crippen molar-refractivity contribution >= 4 is 5.97 Å². The van der Waals surface area contributed by atoms with E-state index in [1.54, 1.807) is 18.3 Å². The number of hydrogen-bond acceptors (Lipinski definition) is 5. The van der Waals surface area contributed by atoms with Crippen LogP contribution in [0.3, 0.4) is 0 Å². The van der Waals surface area contributed by atoms with Gasteiger partial charge in [-0.15, -0.1) is 0 Å². The first kappa shape index (κ1) is 23.8. The molecule has 2 aromatic carbocycles. The molecule has 178 valence electrons. The molecule has 4 rings (SSSR count). The highest BCUT2D eigenvalue weighted by Crippen LogP contribution is 2.27. The number of carbonyl (C=O) groups is 1. The van der Waals surface area contributed by atoms with Crippen molar-refractivity contribution in [2.75, 3.05) is 13.1 Å². The third-order valence-corrected chi connectivity index (χ3v) is 6.32. The van der Waals surface area contributed by atoms with Gasteiger partial charge in [0.2, 0.25) is 0 Å². The molecular formula is C27H30FN3O3. The Hall–Kier alpha value is -3.32. The summed E-state index contributed by atoms with van der Waals surface area (Å²) in [6, 6.07) is 10.9. The predicted molar refractivity (Wildman–Crippen MR) is 128 cm³/mol. The van der Waals surface area contributed by atoms with Crippen molar-refractivity contribution in [3.63, 3.8) is 0 Å². The van der Waals surface area contributed by atoms with Gasteiger partial charge in [0.15, 0.2) is 5.82 Å². The third-order valence-electron chi connectivity index (χ3n) is 6.32. The van der Waals surface area contributed by atoms with Gasteiger partial charge in [0, 0.05) is 50.3 Å². The highest BCUT2D eigenvalue weighted by Gasteiger charge is 2.22. The number of ether oxygens (including phenoxy) is 1. The Morgan fingerprint density at radius 3 is 2.71 bits per heavy atom. The maximum Gasteiger partial charge on any atom is 0.303 e. The summed E-state index contributed by atoms with van der Waals surface area (Å²) in [6.45, 7) is 8.59. The Labute approximate surface area is 199 Å². The fraction of sp³-hybridized carbons (Fsp3) is 0.370. The maximum atomic E-state index is 14.9. The Balaban J connectivity index is 1.43. The van der Waals surface area contributed by atoms with E-state index in [1.165, 1.54) is 6.07 Å². The fourth-order valence-corrected chi connectivity index (χ4v) is 4.46. The van der Waals surface area contributed by atoms with Crippen LogP contribution in [-0.4, -0.2) is 39.0 Å². The van der Waals surface area contributed by atoms with E-state index in [9.17, 15) is 9.18 Å². The van der Waals surface area contributed by atoms with Crippen molar-refractivity contribution < 1.29 is 19.0 Å². The zero-order chi connectivity index (χ0) is 24.2. The number of nitrogens with zero attached hydrogens (tertiary/aromatic N) is 3. The standard InChI is InChI=1S/C27H30FN3O3/c1-17(11-26(32)33)14-31-10-9-25-20(15-31)13-29-27(30-25)22-8-7-21(12-24(22)28)34-16-23-18(2)5-4-6-19(23)3/h4-8,12-13,17H,9-11,14-16H2,1-3H3,(H,32,33). The van der Waals surface area contributed by atoms with Crippen LogP contribution in [0.15, 0.2) is 42.6 Å². The Morgan fingerprint density at radius 1 is 1.24 bits per heavy atom. The van der Waals surface area contributed by atoms with Gasteiger partial charge in [-0.3, -0.25) is 9.69 Å². The second kappa shape index (κ2) is 10.3. The lowest BCUT2D eigenvalue weighted by atomic mass is 10.0. The summed E-state index contributed by atoms with van der Waals surface area (Å²) in [5.41, 5.74) is 5.67. The molecule has 34 heavy (non-hydrogen) atoms. The van der Waals surface area contributed by atoms with Crippen molar-refractivity contribution in [1.29, 1.82) is 0 Å². The number of benzene rings is 2. The van der Waals surface area contributed by atoms with Gasteiger partial charge in [0.25, 0.3) is 0 Å². The number of fused-ring (bicyclic) bond motifs is 1. The van der Waals surface area contributed by atoms with E-state index in [0.29, 0.717) is 36.8 Å². The average Bonchev–Trinajstić information content (AvgIpc) is 2.78. The normalized spacial score (nSPS) is 14.5. The minimum Gasteiger partial charge on any atom is -0.489 e. The lowest BCUT2D eigenvalue weighted by Crippen LogP contribution is -2.35. The molecule has 0 bridgehead atoms. The first-order chi connectivity index (χ1) is 16.3. The van der Waals surface area contributed by atoms with Crippen molar-refractivity contribution in [2.24, 2.45) is 5.92 Å². The van der Waals surface area contributed by atoms with Crippen LogP contribution in [0.4, 0.5) is 4.39 Å². The van der Waals surface area contributed by atoms with Crippen molar-refractivity contribution in [2.45, 2.75) is 46.8 Å². The average molecular weight is 464 g/mol. The Kier molecular flexibility index (Phi) is 7.22. The minimum atomic E-state index is -0.776. The lowest BCUT2D eigenvalue weighted by Gasteiger charge is -2.29. The highest BCUT2D eigenvalue weighted by molar-refractivity contribution is 5.67. The van der Waals surface area contributed by atoms with E-state index < -0.39 is 11.8 Å². The molecule has 0 amide bonds. The summed E-state index contributed by atoms with van der Waals surface area (Å²) < 4.78 is 20.8. The van der Waals surface area contributed by atoms with Crippen LogP contribution in [0.1, 0.15) is 41.3 Å². The molecule has 1 atom stereocenters. The van der Waals surface area contributed by atoms with Crippen LogP contribution in [-0.2, 0) is 24.4 Å². The van der Waals surface area contributed by atoms with Gasteiger partial charge >= 0.3 is 5.97 Å². The maximum absolute atomic E-state index is 14.9. The number of carboxylic acid groups (broad SMARTS) is 1. The molecule has 3 aromatic rings. The summed E-state index contributed by atoms with van der Waals surface area (Å²) in [4.78, 5) is 22.2. The molecule has 0 saturated carbocycles. The van der Waals surface area contributed by atoms with Gasteiger partial charge < -0.3 is 9.84 Å². The number of aliphatic carboxylic acids is 1. The smallest absolute Gasteiger partial charge is 0.303 e. The molecular weight excluding hydrogens is 433 g/mol. The summed E-state index contributed by atoms with van der Waals surface area (Å²) in [7, 11) is 0. The molecule has 1 aromatic heterocycles. The molecule has 1 N–H and O–H groups in total. The number of aryl methyl sites for hydroxylation is 2. The number of rotatable bonds is 8. The van der Waals surface area contributed by atoms with E-state index in [1.807, 2.05) is 39.0 Å². The summed E-state index contributed by atoms with van der Waals surface area (Å²) in [6.07, 6.45) is 2.64. The summed E-state index contributed by atoms with van der Waals surface area (Å²) in [5, 5.41) is 8.98. The molecule has 7 heteroatoms. The molecule has 0 spiro atoms. The molecule has 0 radical (unpaired) electrons. The Morgan fingerprint density at radius 2 is 2.00 bits per heavy atom. The van der Waals surface area contributed by atoms with Crippen molar-refractivity contribution in [1.82, 2.24) is 14.9 Å². The van der Waals surface area contributed by atoms with Crippen molar-refractivity contribution in [3.05, 3.63) is 76.4 Å². The van der Waals surface area contributed by atoms with Crippen LogP contribution < -0.4 is 4.74 Å². The Bertz CT molecular complexity index is 1180. The van der Waals surface area contributed by atoms with E-state index in [2.05, 4.69) is 14.9 Å². The highest BCUT2D eigenvalue weighted by atomic mass is 19.1. The fourth-order valence-electron chi connectivity index (χ4n) is 4.46. The molecule has 2 heterocycles. The predicted octanol–water partition coefficient (Wildman–Crippen LogP) is 4.95. The number of halogens is 1. The molecule has 1 aliphatic rings. The van der Waals surface area contributed by atoms with E-state index in [-0.39, 0.29) is 12.3 Å². The van der Waals surface area contributed by atoms with E-state index in [4.69, 9.17) is 9.84 Å².